The van der Waals surface area contributed by atoms with Crippen LogP contribution in [0.3, 0.4) is 0 Å². The molecule has 1 fully saturated rings. The Morgan fingerprint density at radius 2 is 1.90 bits per heavy atom. The molecule has 31 heavy (non-hydrogen) atoms. The van der Waals surface area contributed by atoms with Crippen LogP contribution < -0.4 is 9.47 Å². The highest BCUT2D eigenvalue weighted by molar-refractivity contribution is 5.83. The van der Waals surface area contributed by atoms with Gasteiger partial charge in [-0.2, -0.15) is 4.98 Å². The van der Waals surface area contributed by atoms with E-state index in [0.717, 1.165) is 12.8 Å². The number of likely N-dealkylation sites (tertiary alicyclic amines) is 1. The molecule has 0 bridgehead atoms. The third kappa shape index (κ3) is 5.74. The number of hydrogen-bond acceptors (Lipinski definition) is 8. The van der Waals surface area contributed by atoms with Crippen molar-refractivity contribution in [3.8, 4) is 22.9 Å². The van der Waals surface area contributed by atoms with Crippen molar-refractivity contribution in [2.75, 3.05) is 27.3 Å². The summed E-state index contributed by atoms with van der Waals surface area (Å²) in [4.78, 5) is 30.7. The molecule has 3 rings (SSSR count). The van der Waals surface area contributed by atoms with Crippen molar-refractivity contribution in [2.24, 2.45) is 5.92 Å². The second kappa shape index (κ2) is 10.3. The van der Waals surface area contributed by atoms with Crippen LogP contribution in [-0.4, -0.2) is 60.3 Å². The number of ether oxygens (including phenoxy) is 3. The zero-order valence-corrected chi connectivity index (χ0v) is 18.4. The smallest absolute Gasteiger partial charge is 0.307 e. The van der Waals surface area contributed by atoms with Gasteiger partial charge in [0.25, 0.3) is 5.91 Å². The standard InChI is InChI=1S/C22H29N3O6/c1-14-9-11-25(12-10-14)22(27)15(2)30-20(26)8-7-19-23-21(24-31-19)16-5-6-17(28-3)18(13-16)29-4/h5-6,13-15H,7-12H2,1-4H3. The van der Waals surface area contributed by atoms with E-state index in [1.54, 1.807) is 44.2 Å². The minimum absolute atomic E-state index is 0.0439. The lowest BCUT2D eigenvalue weighted by molar-refractivity contribution is -0.159. The van der Waals surface area contributed by atoms with Gasteiger partial charge in [-0.25, -0.2) is 0 Å². The molecule has 1 aliphatic heterocycles. The maximum atomic E-state index is 12.5. The van der Waals surface area contributed by atoms with Crippen molar-refractivity contribution >= 4 is 11.9 Å². The predicted octanol–water partition coefficient (Wildman–Crippen LogP) is 2.88. The van der Waals surface area contributed by atoms with E-state index in [-0.39, 0.29) is 18.7 Å². The summed E-state index contributed by atoms with van der Waals surface area (Å²) in [5, 5.41) is 3.96. The second-order valence-electron chi connectivity index (χ2n) is 7.72. The molecule has 0 aliphatic carbocycles. The third-order valence-corrected chi connectivity index (χ3v) is 5.40. The van der Waals surface area contributed by atoms with Gasteiger partial charge >= 0.3 is 5.97 Å². The number of carbonyl (C=O) groups is 2. The fourth-order valence-electron chi connectivity index (χ4n) is 3.45. The van der Waals surface area contributed by atoms with Crippen molar-refractivity contribution in [2.45, 2.75) is 45.6 Å². The van der Waals surface area contributed by atoms with E-state index < -0.39 is 12.1 Å². The molecule has 9 heteroatoms. The number of aromatic nitrogens is 2. The van der Waals surface area contributed by atoms with Gasteiger partial charge in [-0.05, 0) is 43.9 Å². The molecule has 1 aromatic carbocycles. The number of benzene rings is 1. The molecule has 0 saturated carbocycles. The Morgan fingerprint density at radius 1 is 1.19 bits per heavy atom. The molecule has 1 amide bonds. The highest BCUT2D eigenvalue weighted by atomic mass is 16.5. The number of nitrogens with zero attached hydrogens (tertiary/aromatic N) is 3. The molecule has 1 atom stereocenters. The Bertz CT molecular complexity index is 904. The van der Waals surface area contributed by atoms with Crippen LogP contribution in [0.4, 0.5) is 0 Å². The number of carbonyl (C=O) groups excluding carboxylic acids is 2. The Hall–Kier alpha value is -3.10. The topological polar surface area (TPSA) is 104 Å². The molecule has 1 aromatic heterocycles. The first-order valence-corrected chi connectivity index (χ1v) is 10.4. The summed E-state index contributed by atoms with van der Waals surface area (Å²) in [6.07, 6.45) is 1.42. The van der Waals surface area contributed by atoms with E-state index >= 15 is 0 Å². The number of aryl methyl sites for hydroxylation is 1. The van der Waals surface area contributed by atoms with Crippen molar-refractivity contribution in [1.82, 2.24) is 15.0 Å². The average Bonchev–Trinajstić information content (AvgIpc) is 3.26. The van der Waals surface area contributed by atoms with Crippen LogP contribution in [0, 0.1) is 5.92 Å². The summed E-state index contributed by atoms with van der Waals surface area (Å²) in [5.41, 5.74) is 0.699. The van der Waals surface area contributed by atoms with E-state index in [1.807, 2.05) is 0 Å². The lowest BCUT2D eigenvalue weighted by atomic mass is 9.99. The first-order valence-electron chi connectivity index (χ1n) is 10.4. The van der Waals surface area contributed by atoms with Crippen molar-refractivity contribution in [3.05, 3.63) is 24.1 Å². The lowest BCUT2D eigenvalue weighted by Gasteiger charge is -2.31. The van der Waals surface area contributed by atoms with Gasteiger partial charge in [-0.15, -0.1) is 0 Å². The lowest BCUT2D eigenvalue weighted by Crippen LogP contribution is -2.44. The Labute approximate surface area is 181 Å². The molecular weight excluding hydrogens is 402 g/mol. The first-order chi connectivity index (χ1) is 14.9. The van der Waals surface area contributed by atoms with E-state index in [4.69, 9.17) is 18.7 Å². The van der Waals surface area contributed by atoms with Gasteiger partial charge in [0.15, 0.2) is 17.6 Å². The van der Waals surface area contributed by atoms with Gasteiger partial charge in [0.05, 0.1) is 20.6 Å². The second-order valence-corrected chi connectivity index (χ2v) is 7.72. The van der Waals surface area contributed by atoms with Gasteiger partial charge in [0.1, 0.15) is 0 Å². The van der Waals surface area contributed by atoms with Crippen LogP contribution in [-0.2, 0) is 20.7 Å². The third-order valence-electron chi connectivity index (χ3n) is 5.40. The fraction of sp³-hybridized carbons (Fsp3) is 0.545. The number of rotatable bonds is 8. The van der Waals surface area contributed by atoms with Crippen molar-refractivity contribution in [3.63, 3.8) is 0 Å². The Morgan fingerprint density at radius 3 is 2.58 bits per heavy atom. The highest BCUT2D eigenvalue weighted by Crippen LogP contribution is 2.31. The van der Waals surface area contributed by atoms with Crippen LogP contribution in [0.5, 0.6) is 11.5 Å². The average molecular weight is 431 g/mol. The van der Waals surface area contributed by atoms with Gasteiger partial charge in [-0.3, -0.25) is 9.59 Å². The van der Waals surface area contributed by atoms with Crippen LogP contribution in [0.25, 0.3) is 11.4 Å². The molecule has 2 heterocycles. The molecule has 1 aliphatic rings. The van der Waals surface area contributed by atoms with Crippen molar-refractivity contribution < 1.29 is 28.3 Å². The Kier molecular flexibility index (Phi) is 7.49. The maximum absolute atomic E-state index is 12.5. The highest BCUT2D eigenvalue weighted by Gasteiger charge is 2.26. The number of hydrogen-bond donors (Lipinski definition) is 0. The minimum Gasteiger partial charge on any atom is -0.493 e. The largest absolute Gasteiger partial charge is 0.493 e. The number of methoxy groups -OCH3 is 2. The van der Waals surface area contributed by atoms with Crippen LogP contribution >= 0.6 is 0 Å². The zero-order valence-electron chi connectivity index (χ0n) is 18.4. The van der Waals surface area contributed by atoms with Crippen LogP contribution in [0.1, 0.15) is 39.0 Å². The van der Waals surface area contributed by atoms with Crippen LogP contribution in [0.15, 0.2) is 22.7 Å². The minimum atomic E-state index is -0.800. The van der Waals surface area contributed by atoms with E-state index in [0.29, 0.717) is 47.8 Å². The fourth-order valence-corrected chi connectivity index (χ4v) is 3.45. The molecular formula is C22H29N3O6. The number of esters is 1. The summed E-state index contributed by atoms with van der Waals surface area (Å²) in [6.45, 7) is 5.21. The number of amides is 1. The Balaban J connectivity index is 1.51. The normalized spacial score (nSPS) is 15.4. The summed E-state index contributed by atoms with van der Waals surface area (Å²) >= 11 is 0. The molecule has 0 spiro atoms. The van der Waals surface area contributed by atoms with Gasteiger partial charge in [-0.1, -0.05) is 12.1 Å². The van der Waals surface area contributed by atoms with Gasteiger partial charge < -0.3 is 23.6 Å². The quantitative estimate of drug-likeness (QED) is 0.588. The van der Waals surface area contributed by atoms with Gasteiger partial charge in [0, 0.05) is 25.1 Å². The number of piperidine rings is 1. The van der Waals surface area contributed by atoms with E-state index in [1.165, 1.54) is 0 Å². The molecule has 1 unspecified atom stereocenters. The van der Waals surface area contributed by atoms with E-state index in [9.17, 15) is 9.59 Å². The summed E-state index contributed by atoms with van der Waals surface area (Å²) < 4.78 is 21.1. The summed E-state index contributed by atoms with van der Waals surface area (Å²) in [5.74, 6) is 1.85. The summed E-state index contributed by atoms with van der Waals surface area (Å²) in [7, 11) is 3.11. The molecule has 1 saturated heterocycles. The zero-order chi connectivity index (χ0) is 22.4. The molecule has 9 nitrogen and oxygen atoms in total. The molecule has 168 valence electrons. The molecule has 0 N–H and O–H groups in total. The van der Waals surface area contributed by atoms with Crippen molar-refractivity contribution in [1.29, 1.82) is 0 Å². The molecule has 0 radical (unpaired) electrons. The summed E-state index contributed by atoms with van der Waals surface area (Å²) in [6, 6.07) is 5.29. The van der Waals surface area contributed by atoms with Crippen LogP contribution in [0.2, 0.25) is 0 Å². The first kappa shape index (κ1) is 22.6. The molecule has 2 aromatic rings. The van der Waals surface area contributed by atoms with Gasteiger partial charge in [0.2, 0.25) is 11.7 Å². The maximum Gasteiger partial charge on any atom is 0.307 e. The predicted molar refractivity (Wildman–Crippen MR) is 112 cm³/mol. The SMILES string of the molecule is COc1ccc(-c2noc(CCC(=O)OC(C)C(=O)N3CCC(C)CC3)n2)cc1OC. The van der Waals surface area contributed by atoms with E-state index in [2.05, 4.69) is 17.1 Å². The monoisotopic (exact) mass is 431 g/mol.